The van der Waals surface area contributed by atoms with Crippen molar-refractivity contribution >= 4 is 0 Å². The van der Waals surface area contributed by atoms with E-state index in [4.69, 9.17) is 4.74 Å². The van der Waals surface area contributed by atoms with Crippen molar-refractivity contribution in [2.45, 2.75) is 50.3 Å². The number of ether oxygens (including phenoxy) is 1. The monoisotopic (exact) mass is 309 g/mol. The fourth-order valence-electron chi connectivity index (χ4n) is 3.64. The first kappa shape index (κ1) is 16.2. The lowest BCUT2D eigenvalue weighted by Crippen LogP contribution is -2.45. The van der Waals surface area contributed by atoms with Gasteiger partial charge in [0, 0.05) is 19.2 Å². The number of nitrogens with one attached hydrogen (secondary N) is 1. The van der Waals surface area contributed by atoms with E-state index in [9.17, 15) is 0 Å². The lowest BCUT2D eigenvalue weighted by molar-refractivity contribution is 0.0376. The molecule has 23 heavy (non-hydrogen) atoms. The molecule has 2 heteroatoms. The van der Waals surface area contributed by atoms with Crippen LogP contribution in [0.2, 0.25) is 0 Å². The first-order valence-corrected chi connectivity index (χ1v) is 8.74. The van der Waals surface area contributed by atoms with Gasteiger partial charge in [-0.3, -0.25) is 0 Å². The van der Waals surface area contributed by atoms with E-state index in [2.05, 4.69) is 66.0 Å². The number of methoxy groups -OCH3 is 1. The molecule has 122 valence electrons. The molecule has 3 rings (SSSR count). The van der Waals surface area contributed by atoms with E-state index in [1.165, 1.54) is 36.8 Å². The van der Waals surface area contributed by atoms with E-state index in [0.29, 0.717) is 18.2 Å². The van der Waals surface area contributed by atoms with Gasteiger partial charge in [-0.2, -0.15) is 0 Å². The maximum Gasteiger partial charge on any atom is 0.0724 e. The van der Waals surface area contributed by atoms with E-state index >= 15 is 0 Å². The molecule has 1 saturated carbocycles. The lowest BCUT2D eigenvalue weighted by atomic mass is 9.90. The van der Waals surface area contributed by atoms with Crippen molar-refractivity contribution < 1.29 is 4.74 Å². The summed E-state index contributed by atoms with van der Waals surface area (Å²) in [6.07, 6.45) is 6.30. The summed E-state index contributed by atoms with van der Waals surface area (Å²) in [7, 11) is 1.85. The van der Waals surface area contributed by atoms with Gasteiger partial charge in [0.05, 0.1) is 6.10 Å². The highest BCUT2D eigenvalue weighted by molar-refractivity contribution is 5.24. The molecule has 1 aliphatic rings. The van der Waals surface area contributed by atoms with Crippen LogP contribution in [0.5, 0.6) is 0 Å². The second-order valence-corrected chi connectivity index (χ2v) is 6.48. The van der Waals surface area contributed by atoms with Crippen molar-refractivity contribution in [1.29, 1.82) is 0 Å². The van der Waals surface area contributed by atoms with E-state index < -0.39 is 0 Å². The maximum atomic E-state index is 5.73. The number of benzene rings is 2. The van der Waals surface area contributed by atoms with Gasteiger partial charge in [0.2, 0.25) is 0 Å². The zero-order valence-electron chi connectivity index (χ0n) is 13.9. The van der Waals surface area contributed by atoms with Crippen LogP contribution in [-0.2, 0) is 11.2 Å². The van der Waals surface area contributed by atoms with Crippen molar-refractivity contribution in [3.8, 4) is 0 Å². The first-order chi connectivity index (χ1) is 11.4. The predicted molar refractivity (Wildman–Crippen MR) is 95.5 cm³/mol. The average molecular weight is 309 g/mol. The summed E-state index contributed by atoms with van der Waals surface area (Å²) in [4.78, 5) is 0. The Morgan fingerprint density at radius 2 is 1.61 bits per heavy atom. The zero-order valence-corrected chi connectivity index (χ0v) is 13.9. The van der Waals surface area contributed by atoms with Gasteiger partial charge in [0.15, 0.2) is 0 Å². The van der Waals surface area contributed by atoms with Crippen molar-refractivity contribution in [2.24, 2.45) is 0 Å². The number of hydrogen-bond donors (Lipinski definition) is 1. The highest BCUT2D eigenvalue weighted by Crippen LogP contribution is 2.26. The molecular weight excluding hydrogens is 282 g/mol. The van der Waals surface area contributed by atoms with Crippen LogP contribution < -0.4 is 5.32 Å². The minimum absolute atomic E-state index is 0.333. The minimum Gasteiger partial charge on any atom is -0.380 e. The van der Waals surface area contributed by atoms with Crippen LogP contribution in [-0.4, -0.2) is 19.3 Å². The van der Waals surface area contributed by atoms with Crippen molar-refractivity contribution in [2.75, 3.05) is 7.11 Å². The van der Waals surface area contributed by atoms with Gasteiger partial charge in [0.1, 0.15) is 0 Å². The molecule has 1 fully saturated rings. The van der Waals surface area contributed by atoms with Gasteiger partial charge in [0.25, 0.3) is 0 Å². The van der Waals surface area contributed by atoms with Crippen molar-refractivity contribution in [1.82, 2.24) is 5.32 Å². The van der Waals surface area contributed by atoms with Gasteiger partial charge in [-0.1, -0.05) is 73.5 Å². The van der Waals surface area contributed by atoms with Crippen LogP contribution in [0.3, 0.4) is 0 Å². The summed E-state index contributed by atoms with van der Waals surface area (Å²) in [5, 5.41) is 3.90. The van der Waals surface area contributed by atoms with E-state index in [1.807, 2.05) is 7.11 Å². The fourth-order valence-corrected chi connectivity index (χ4v) is 3.64. The SMILES string of the molecule is COC1CCCCC1NC(Cc1ccccc1)c1ccccc1. The highest BCUT2D eigenvalue weighted by Gasteiger charge is 2.27. The molecule has 3 atom stereocenters. The molecule has 0 aromatic heterocycles. The molecule has 0 radical (unpaired) electrons. The van der Waals surface area contributed by atoms with Crippen molar-refractivity contribution in [3.05, 3.63) is 71.8 Å². The molecule has 0 spiro atoms. The zero-order chi connectivity index (χ0) is 15.9. The van der Waals surface area contributed by atoms with Crippen LogP contribution in [0.1, 0.15) is 42.9 Å². The Morgan fingerprint density at radius 1 is 0.957 bits per heavy atom. The quantitative estimate of drug-likeness (QED) is 0.847. The first-order valence-electron chi connectivity index (χ1n) is 8.74. The van der Waals surface area contributed by atoms with E-state index in [0.717, 1.165) is 6.42 Å². The standard InChI is InChI=1S/C21H27NO/c1-23-21-15-9-8-14-19(21)22-20(18-12-6-3-7-13-18)16-17-10-4-2-5-11-17/h2-7,10-13,19-22H,8-9,14-16H2,1H3. The van der Waals surface area contributed by atoms with Crippen LogP contribution >= 0.6 is 0 Å². The Hall–Kier alpha value is -1.64. The fraction of sp³-hybridized carbons (Fsp3) is 0.429. The maximum absolute atomic E-state index is 5.73. The Balaban J connectivity index is 1.77. The molecule has 2 nitrogen and oxygen atoms in total. The third-order valence-electron chi connectivity index (χ3n) is 4.91. The smallest absolute Gasteiger partial charge is 0.0724 e. The molecule has 2 aromatic rings. The third kappa shape index (κ3) is 4.43. The normalized spacial score (nSPS) is 22.7. The Bertz CT molecular complexity index is 569. The van der Waals surface area contributed by atoms with Gasteiger partial charge in [-0.25, -0.2) is 0 Å². The van der Waals surface area contributed by atoms with E-state index in [1.54, 1.807) is 0 Å². The highest BCUT2D eigenvalue weighted by atomic mass is 16.5. The largest absolute Gasteiger partial charge is 0.380 e. The number of hydrogen-bond acceptors (Lipinski definition) is 2. The summed E-state index contributed by atoms with van der Waals surface area (Å²) in [5.41, 5.74) is 2.73. The van der Waals surface area contributed by atoms with Gasteiger partial charge in [-0.15, -0.1) is 0 Å². The average Bonchev–Trinajstić information content (AvgIpc) is 2.63. The molecule has 0 aliphatic heterocycles. The molecule has 2 aromatic carbocycles. The molecule has 0 amide bonds. The summed E-state index contributed by atoms with van der Waals surface area (Å²) in [5.74, 6) is 0. The Morgan fingerprint density at radius 3 is 2.30 bits per heavy atom. The topological polar surface area (TPSA) is 21.3 Å². The summed E-state index contributed by atoms with van der Waals surface area (Å²) in [6, 6.07) is 22.3. The van der Waals surface area contributed by atoms with Gasteiger partial charge in [-0.05, 0) is 30.4 Å². The van der Waals surface area contributed by atoms with Crippen LogP contribution in [0.4, 0.5) is 0 Å². The van der Waals surface area contributed by atoms with Crippen LogP contribution in [0.25, 0.3) is 0 Å². The summed E-state index contributed by atoms with van der Waals surface area (Å²) in [6.45, 7) is 0. The van der Waals surface area contributed by atoms with E-state index in [-0.39, 0.29) is 0 Å². The Kier molecular flexibility index (Phi) is 5.84. The molecule has 1 N–H and O–H groups in total. The van der Waals surface area contributed by atoms with Crippen LogP contribution in [0.15, 0.2) is 60.7 Å². The predicted octanol–water partition coefficient (Wildman–Crippen LogP) is 4.52. The molecule has 1 aliphatic carbocycles. The third-order valence-corrected chi connectivity index (χ3v) is 4.91. The lowest BCUT2D eigenvalue weighted by Gasteiger charge is -2.34. The summed E-state index contributed by atoms with van der Waals surface area (Å²) < 4.78 is 5.73. The second-order valence-electron chi connectivity index (χ2n) is 6.48. The Labute approximate surface area is 139 Å². The van der Waals surface area contributed by atoms with Crippen LogP contribution in [0, 0.1) is 0 Å². The van der Waals surface area contributed by atoms with Crippen molar-refractivity contribution in [3.63, 3.8) is 0 Å². The molecule has 0 heterocycles. The van der Waals surface area contributed by atoms with Gasteiger partial charge < -0.3 is 10.1 Å². The molecule has 0 saturated heterocycles. The molecular formula is C21H27NO. The minimum atomic E-state index is 0.333. The molecule has 3 unspecified atom stereocenters. The number of rotatable bonds is 6. The molecule has 0 bridgehead atoms. The summed E-state index contributed by atoms with van der Waals surface area (Å²) >= 11 is 0. The van der Waals surface area contributed by atoms with Gasteiger partial charge >= 0.3 is 0 Å². The second kappa shape index (κ2) is 8.28.